The monoisotopic (exact) mass is 181 g/mol. The first-order valence-electron chi connectivity index (χ1n) is 3.63. The summed E-state index contributed by atoms with van der Waals surface area (Å²) in [6.45, 7) is 0.441. The maximum Gasteiger partial charge on any atom is 0.114 e. The van der Waals surface area contributed by atoms with E-state index >= 15 is 0 Å². The second-order valence-corrected chi connectivity index (χ2v) is 2.89. The molecule has 0 saturated carbocycles. The zero-order valence-corrected chi connectivity index (χ0v) is 7.12. The number of aromatic nitrogens is 2. The van der Waals surface area contributed by atoms with Crippen LogP contribution in [0.3, 0.4) is 0 Å². The largest absolute Gasteiger partial charge is 0.325 e. The van der Waals surface area contributed by atoms with E-state index in [1.54, 1.807) is 6.33 Å². The molecule has 0 saturated heterocycles. The number of rotatable bonds is 1. The van der Waals surface area contributed by atoms with Crippen molar-refractivity contribution in [2.75, 3.05) is 0 Å². The van der Waals surface area contributed by atoms with E-state index in [0.717, 1.165) is 11.2 Å². The van der Waals surface area contributed by atoms with Crippen LogP contribution in [0.15, 0.2) is 24.5 Å². The normalized spacial score (nSPS) is 10.8. The summed E-state index contributed by atoms with van der Waals surface area (Å²) in [5.41, 5.74) is 7.34. The van der Waals surface area contributed by atoms with Gasteiger partial charge in [-0.25, -0.2) is 4.98 Å². The van der Waals surface area contributed by atoms with Gasteiger partial charge in [0.25, 0.3) is 0 Å². The molecular weight excluding hydrogens is 174 g/mol. The summed E-state index contributed by atoms with van der Waals surface area (Å²) in [6, 6.07) is 5.65. The average molecular weight is 182 g/mol. The lowest BCUT2D eigenvalue weighted by molar-refractivity contribution is 1.02. The Hall–Kier alpha value is -1.06. The van der Waals surface area contributed by atoms with Crippen LogP contribution in [-0.4, -0.2) is 9.38 Å². The van der Waals surface area contributed by atoms with Crippen LogP contribution >= 0.6 is 11.6 Å². The predicted molar refractivity (Wildman–Crippen MR) is 48.1 cm³/mol. The van der Waals surface area contributed by atoms with Crippen molar-refractivity contribution in [2.24, 2.45) is 5.73 Å². The van der Waals surface area contributed by atoms with Gasteiger partial charge in [0.15, 0.2) is 0 Å². The molecule has 3 nitrogen and oxygen atoms in total. The van der Waals surface area contributed by atoms with Gasteiger partial charge in [-0.1, -0.05) is 17.7 Å². The van der Waals surface area contributed by atoms with E-state index in [4.69, 9.17) is 17.3 Å². The van der Waals surface area contributed by atoms with Gasteiger partial charge >= 0.3 is 0 Å². The van der Waals surface area contributed by atoms with Crippen LogP contribution in [0, 0.1) is 0 Å². The molecule has 0 aliphatic carbocycles. The van der Waals surface area contributed by atoms with Crippen molar-refractivity contribution >= 4 is 17.1 Å². The highest BCUT2D eigenvalue weighted by atomic mass is 35.5. The van der Waals surface area contributed by atoms with Gasteiger partial charge in [-0.05, 0) is 12.1 Å². The molecule has 0 aliphatic heterocycles. The Bertz CT molecular complexity index is 408. The number of fused-ring (bicyclic) bond motifs is 1. The van der Waals surface area contributed by atoms with Crippen LogP contribution < -0.4 is 5.73 Å². The fraction of sp³-hybridized carbons (Fsp3) is 0.125. The molecule has 0 amide bonds. The minimum atomic E-state index is 0.441. The molecule has 0 fully saturated rings. The third kappa shape index (κ3) is 0.983. The van der Waals surface area contributed by atoms with E-state index in [-0.39, 0.29) is 0 Å². The fourth-order valence-electron chi connectivity index (χ4n) is 1.20. The smallest absolute Gasteiger partial charge is 0.114 e. The van der Waals surface area contributed by atoms with Crippen LogP contribution in [0.2, 0.25) is 5.15 Å². The third-order valence-electron chi connectivity index (χ3n) is 1.80. The molecule has 0 atom stereocenters. The van der Waals surface area contributed by atoms with Gasteiger partial charge in [-0.2, -0.15) is 0 Å². The zero-order chi connectivity index (χ0) is 8.55. The van der Waals surface area contributed by atoms with Crippen molar-refractivity contribution in [1.82, 2.24) is 9.38 Å². The van der Waals surface area contributed by atoms with Gasteiger partial charge in [0.2, 0.25) is 0 Å². The van der Waals surface area contributed by atoms with Crippen LogP contribution in [0.4, 0.5) is 0 Å². The topological polar surface area (TPSA) is 43.3 Å². The molecule has 2 heterocycles. The SMILES string of the molecule is NCc1ncn2c(Cl)cccc12. The van der Waals surface area contributed by atoms with Gasteiger partial charge < -0.3 is 5.73 Å². The fourth-order valence-corrected chi connectivity index (χ4v) is 1.41. The van der Waals surface area contributed by atoms with Crippen LogP contribution in [0.1, 0.15) is 5.69 Å². The Morgan fingerprint density at radius 1 is 1.50 bits per heavy atom. The van der Waals surface area contributed by atoms with Gasteiger partial charge in [-0.3, -0.25) is 4.40 Å². The molecule has 0 spiro atoms. The molecule has 0 bridgehead atoms. The Morgan fingerprint density at radius 2 is 2.33 bits per heavy atom. The summed E-state index contributed by atoms with van der Waals surface area (Å²) in [5, 5.41) is 0.653. The summed E-state index contributed by atoms with van der Waals surface area (Å²) >= 11 is 5.91. The van der Waals surface area contributed by atoms with Crippen molar-refractivity contribution in [1.29, 1.82) is 0 Å². The minimum absolute atomic E-state index is 0.441. The lowest BCUT2D eigenvalue weighted by atomic mass is 10.3. The van der Waals surface area contributed by atoms with E-state index < -0.39 is 0 Å². The maximum absolute atomic E-state index is 5.91. The second kappa shape index (κ2) is 2.77. The zero-order valence-electron chi connectivity index (χ0n) is 6.37. The molecule has 0 aromatic carbocycles. The van der Waals surface area contributed by atoms with E-state index in [2.05, 4.69) is 4.98 Å². The second-order valence-electron chi connectivity index (χ2n) is 2.50. The molecule has 2 aromatic rings. The number of halogens is 1. The lowest BCUT2D eigenvalue weighted by Gasteiger charge is -1.96. The lowest BCUT2D eigenvalue weighted by Crippen LogP contribution is -1.96. The average Bonchev–Trinajstić information content (AvgIpc) is 2.49. The first-order valence-corrected chi connectivity index (χ1v) is 4.01. The number of hydrogen-bond acceptors (Lipinski definition) is 2. The van der Waals surface area contributed by atoms with Crippen LogP contribution in [0.5, 0.6) is 0 Å². The number of nitrogens with zero attached hydrogens (tertiary/aromatic N) is 2. The number of imidazole rings is 1. The molecule has 2 rings (SSSR count). The highest BCUT2D eigenvalue weighted by Gasteiger charge is 2.02. The van der Waals surface area contributed by atoms with Crippen molar-refractivity contribution in [3.63, 3.8) is 0 Å². The van der Waals surface area contributed by atoms with Crippen molar-refractivity contribution in [3.05, 3.63) is 35.4 Å². The summed E-state index contributed by atoms with van der Waals surface area (Å²) < 4.78 is 1.81. The molecule has 0 aliphatic rings. The van der Waals surface area contributed by atoms with Gasteiger partial charge in [0.05, 0.1) is 11.2 Å². The van der Waals surface area contributed by atoms with Gasteiger partial charge in [-0.15, -0.1) is 0 Å². The highest BCUT2D eigenvalue weighted by Crippen LogP contribution is 2.14. The molecule has 62 valence electrons. The predicted octanol–water partition coefficient (Wildman–Crippen LogP) is 1.45. The summed E-state index contributed by atoms with van der Waals surface area (Å²) in [4.78, 5) is 4.13. The molecular formula is C8H8ClN3. The highest BCUT2D eigenvalue weighted by molar-refractivity contribution is 6.29. The van der Waals surface area contributed by atoms with Crippen molar-refractivity contribution < 1.29 is 0 Å². The standard InChI is InChI=1S/C8H8ClN3/c9-8-3-1-2-7-6(4-10)11-5-12(7)8/h1-3,5H,4,10H2. The Balaban J connectivity index is 2.80. The summed E-state index contributed by atoms with van der Waals surface area (Å²) in [5.74, 6) is 0. The Labute approximate surface area is 74.8 Å². The van der Waals surface area contributed by atoms with E-state index in [0.29, 0.717) is 11.7 Å². The first kappa shape index (κ1) is 7.58. The van der Waals surface area contributed by atoms with Crippen LogP contribution in [-0.2, 0) is 6.54 Å². The third-order valence-corrected chi connectivity index (χ3v) is 2.10. The summed E-state index contributed by atoms with van der Waals surface area (Å²) in [6.07, 6.45) is 1.68. The Morgan fingerprint density at radius 3 is 3.08 bits per heavy atom. The quantitative estimate of drug-likeness (QED) is 0.677. The van der Waals surface area contributed by atoms with Gasteiger partial charge in [0.1, 0.15) is 11.5 Å². The molecule has 0 unspecified atom stereocenters. The molecule has 2 N–H and O–H groups in total. The van der Waals surface area contributed by atoms with E-state index in [1.165, 1.54) is 0 Å². The number of nitrogens with two attached hydrogens (primary N) is 1. The van der Waals surface area contributed by atoms with E-state index in [9.17, 15) is 0 Å². The van der Waals surface area contributed by atoms with Crippen molar-refractivity contribution in [2.45, 2.75) is 6.54 Å². The first-order chi connectivity index (χ1) is 5.83. The molecule has 2 aromatic heterocycles. The summed E-state index contributed by atoms with van der Waals surface area (Å²) in [7, 11) is 0. The molecule has 12 heavy (non-hydrogen) atoms. The van der Waals surface area contributed by atoms with E-state index in [1.807, 2.05) is 22.6 Å². The molecule has 0 radical (unpaired) electrons. The number of hydrogen-bond donors (Lipinski definition) is 1. The Kier molecular flexibility index (Phi) is 1.75. The van der Waals surface area contributed by atoms with Crippen LogP contribution in [0.25, 0.3) is 5.52 Å². The maximum atomic E-state index is 5.91. The van der Waals surface area contributed by atoms with Crippen molar-refractivity contribution in [3.8, 4) is 0 Å². The van der Waals surface area contributed by atoms with Gasteiger partial charge in [0, 0.05) is 6.54 Å². The molecule has 4 heteroatoms. The number of pyridine rings is 1. The minimum Gasteiger partial charge on any atom is -0.325 e.